The highest BCUT2D eigenvalue weighted by Gasteiger charge is 2.21. The zero-order valence-corrected chi connectivity index (χ0v) is 16.3. The summed E-state index contributed by atoms with van der Waals surface area (Å²) in [5.74, 6) is -0.347. The minimum Gasteiger partial charge on any atom is -0.322 e. The molecule has 146 valence electrons. The summed E-state index contributed by atoms with van der Waals surface area (Å²) in [6.45, 7) is 4.34. The summed E-state index contributed by atoms with van der Waals surface area (Å²) in [5.41, 5.74) is 1.62. The molecule has 1 heterocycles. The number of carbonyl (C=O) groups is 1. The fraction of sp³-hybridized carbons (Fsp3) is 0.222. The number of carbonyl (C=O) groups excluding carboxylic acids is 1. The lowest BCUT2D eigenvalue weighted by Gasteiger charge is -2.18. The highest BCUT2D eigenvalue weighted by molar-refractivity contribution is 7.89. The second kappa shape index (κ2) is 8.28. The third-order valence-corrected chi connectivity index (χ3v) is 6.24. The molecule has 1 amide bonds. The Hall–Kier alpha value is -3.11. The van der Waals surface area contributed by atoms with Crippen molar-refractivity contribution in [2.24, 2.45) is 0 Å². The molecule has 9 nitrogen and oxygen atoms in total. The van der Waals surface area contributed by atoms with Gasteiger partial charge in [0.1, 0.15) is 6.33 Å². The Kier molecular flexibility index (Phi) is 5.81. The molecule has 3 aromatic rings. The number of benzene rings is 2. The fourth-order valence-electron chi connectivity index (χ4n) is 2.70. The lowest BCUT2D eigenvalue weighted by Crippen LogP contribution is -2.30. The van der Waals surface area contributed by atoms with E-state index in [1.807, 2.05) is 0 Å². The van der Waals surface area contributed by atoms with Gasteiger partial charge in [0.05, 0.1) is 10.6 Å². The predicted octanol–water partition coefficient (Wildman–Crippen LogP) is 1.95. The summed E-state index contributed by atoms with van der Waals surface area (Å²) in [6.07, 6.45) is 1.45. The van der Waals surface area contributed by atoms with Gasteiger partial charge in [-0.2, -0.15) is 4.31 Å². The third kappa shape index (κ3) is 4.07. The first-order chi connectivity index (χ1) is 13.5. The molecule has 0 saturated carbocycles. The minimum absolute atomic E-state index is 0.161. The number of amides is 1. The van der Waals surface area contributed by atoms with Gasteiger partial charge in [-0.05, 0) is 52.9 Å². The van der Waals surface area contributed by atoms with Gasteiger partial charge in [0.15, 0.2) is 0 Å². The summed E-state index contributed by atoms with van der Waals surface area (Å²) >= 11 is 0. The van der Waals surface area contributed by atoms with Gasteiger partial charge in [-0.1, -0.05) is 19.9 Å². The van der Waals surface area contributed by atoms with Crippen LogP contribution in [-0.2, 0) is 10.0 Å². The number of nitrogens with zero attached hydrogens (tertiary/aromatic N) is 5. The van der Waals surface area contributed by atoms with Crippen LogP contribution in [0.15, 0.2) is 59.8 Å². The van der Waals surface area contributed by atoms with Gasteiger partial charge < -0.3 is 5.32 Å². The maximum absolute atomic E-state index is 12.5. The van der Waals surface area contributed by atoms with Crippen LogP contribution in [0, 0.1) is 0 Å². The monoisotopic (exact) mass is 400 g/mol. The quantitative estimate of drug-likeness (QED) is 0.649. The number of tetrazole rings is 1. The molecule has 1 N–H and O–H groups in total. The van der Waals surface area contributed by atoms with E-state index in [-0.39, 0.29) is 10.8 Å². The van der Waals surface area contributed by atoms with Gasteiger partial charge in [0.25, 0.3) is 5.91 Å². The second-order valence-electron chi connectivity index (χ2n) is 5.87. The van der Waals surface area contributed by atoms with Crippen LogP contribution in [0.2, 0.25) is 0 Å². The standard InChI is InChI=1S/C18H20N6O3S/c1-3-23(4-2)28(26,27)17-10-8-14(9-11-17)18(25)20-15-6-5-7-16(12-15)24-13-19-21-22-24/h5-13H,3-4H2,1-2H3,(H,20,25). The largest absolute Gasteiger partial charge is 0.322 e. The molecule has 3 rings (SSSR count). The molecule has 0 aliphatic rings. The third-order valence-electron chi connectivity index (χ3n) is 4.18. The highest BCUT2D eigenvalue weighted by atomic mass is 32.2. The molecule has 1 aromatic heterocycles. The van der Waals surface area contributed by atoms with Gasteiger partial charge >= 0.3 is 0 Å². The average molecular weight is 400 g/mol. The van der Waals surface area contributed by atoms with Crippen LogP contribution in [-0.4, -0.2) is 51.9 Å². The number of hydrogen-bond donors (Lipinski definition) is 1. The van der Waals surface area contributed by atoms with Crippen molar-refractivity contribution in [2.45, 2.75) is 18.7 Å². The summed E-state index contributed by atoms with van der Waals surface area (Å²) < 4.78 is 27.9. The Labute approximate surface area is 163 Å². The van der Waals surface area contributed by atoms with E-state index in [1.54, 1.807) is 38.1 Å². The first kappa shape index (κ1) is 19.6. The van der Waals surface area contributed by atoms with Crippen LogP contribution in [0.3, 0.4) is 0 Å². The number of aromatic nitrogens is 4. The molecule has 0 spiro atoms. The van der Waals surface area contributed by atoms with Crippen molar-refractivity contribution in [2.75, 3.05) is 18.4 Å². The molecule has 0 bridgehead atoms. The van der Waals surface area contributed by atoms with Gasteiger partial charge in [-0.25, -0.2) is 13.1 Å². The number of rotatable bonds is 7. The second-order valence-corrected chi connectivity index (χ2v) is 7.81. The van der Waals surface area contributed by atoms with Crippen LogP contribution in [0.1, 0.15) is 24.2 Å². The van der Waals surface area contributed by atoms with Crippen LogP contribution < -0.4 is 5.32 Å². The molecule has 2 aromatic carbocycles. The zero-order chi connectivity index (χ0) is 20.1. The molecule has 0 aliphatic heterocycles. The summed E-state index contributed by atoms with van der Waals surface area (Å²) in [6, 6.07) is 12.9. The van der Waals surface area contributed by atoms with Gasteiger partial charge in [0, 0.05) is 24.3 Å². The van der Waals surface area contributed by atoms with Crippen molar-refractivity contribution < 1.29 is 13.2 Å². The molecule has 0 fully saturated rings. The van der Waals surface area contributed by atoms with E-state index in [9.17, 15) is 13.2 Å². The number of nitrogens with one attached hydrogen (secondary N) is 1. The van der Waals surface area contributed by atoms with Gasteiger partial charge in [0.2, 0.25) is 10.0 Å². The maximum Gasteiger partial charge on any atom is 0.255 e. The van der Waals surface area contributed by atoms with Crippen LogP contribution in [0.4, 0.5) is 5.69 Å². The summed E-state index contributed by atoms with van der Waals surface area (Å²) in [7, 11) is -3.55. The minimum atomic E-state index is -3.55. The molecular formula is C18H20N6O3S. The fourth-order valence-corrected chi connectivity index (χ4v) is 4.16. The van der Waals surface area contributed by atoms with Crippen molar-refractivity contribution in [3.8, 4) is 5.69 Å². The lowest BCUT2D eigenvalue weighted by atomic mass is 10.2. The Bertz CT molecular complexity index is 1050. The number of anilines is 1. The van der Waals surface area contributed by atoms with Crippen molar-refractivity contribution in [3.63, 3.8) is 0 Å². The molecule has 0 aliphatic carbocycles. The lowest BCUT2D eigenvalue weighted by molar-refractivity contribution is 0.102. The Balaban J connectivity index is 1.76. The van der Waals surface area contributed by atoms with Crippen molar-refractivity contribution in [3.05, 3.63) is 60.4 Å². The summed E-state index contributed by atoms with van der Waals surface area (Å²) in [5, 5.41) is 13.8. The maximum atomic E-state index is 12.5. The van der Waals surface area contributed by atoms with Crippen LogP contribution in [0.5, 0.6) is 0 Å². The van der Waals surface area contributed by atoms with Crippen LogP contribution >= 0.6 is 0 Å². The molecule has 28 heavy (non-hydrogen) atoms. The van der Waals surface area contributed by atoms with Crippen LogP contribution in [0.25, 0.3) is 5.69 Å². The first-order valence-electron chi connectivity index (χ1n) is 8.70. The van der Waals surface area contributed by atoms with Gasteiger partial charge in [-0.3, -0.25) is 4.79 Å². The molecule has 10 heteroatoms. The molecule has 0 saturated heterocycles. The Morgan fingerprint density at radius 1 is 1.11 bits per heavy atom. The predicted molar refractivity (Wildman–Crippen MR) is 104 cm³/mol. The van der Waals surface area contributed by atoms with E-state index in [4.69, 9.17) is 0 Å². The Morgan fingerprint density at radius 3 is 2.43 bits per heavy atom. The summed E-state index contributed by atoms with van der Waals surface area (Å²) in [4.78, 5) is 12.7. The van der Waals surface area contributed by atoms with E-state index in [1.165, 1.54) is 39.6 Å². The molecule has 0 radical (unpaired) electrons. The van der Waals surface area contributed by atoms with Crippen molar-refractivity contribution >= 4 is 21.6 Å². The highest BCUT2D eigenvalue weighted by Crippen LogP contribution is 2.18. The normalized spacial score (nSPS) is 11.5. The topological polar surface area (TPSA) is 110 Å². The molecular weight excluding hydrogens is 380 g/mol. The molecule has 0 unspecified atom stereocenters. The van der Waals surface area contributed by atoms with Gasteiger partial charge in [-0.15, -0.1) is 5.10 Å². The van der Waals surface area contributed by atoms with E-state index in [0.717, 1.165) is 0 Å². The number of sulfonamides is 1. The van der Waals surface area contributed by atoms with E-state index >= 15 is 0 Å². The SMILES string of the molecule is CCN(CC)S(=O)(=O)c1ccc(C(=O)Nc2cccc(-n3cnnn3)c2)cc1. The van der Waals surface area contributed by atoms with E-state index in [0.29, 0.717) is 30.0 Å². The molecule has 0 atom stereocenters. The smallest absolute Gasteiger partial charge is 0.255 e. The average Bonchev–Trinajstić information content (AvgIpc) is 3.24. The Morgan fingerprint density at radius 2 is 1.82 bits per heavy atom. The van der Waals surface area contributed by atoms with Crippen molar-refractivity contribution in [1.29, 1.82) is 0 Å². The van der Waals surface area contributed by atoms with E-state index < -0.39 is 10.0 Å². The first-order valence-corrected chi connectivity index (χ1v) is 10.1. The van der Waals surface area contributed by atoms with Crippen molar-refractivity contribution in [1.82, 2.24) is 24.5 Å². The van der Waals surface area contributed by atoms with E-state index in [2.05, 4.69) is 20.8 Å². The zero-order valence-electron chi connectivity index (χ0n) is 15.5. The number of hydrogen-bond acceptors (Lipinski definition) is 6.